The van der Waals surface area contributed by atoms with Gasteiger partial charge in [-0.1, -0.05) is 48.5 Å². The van der Waals surface area contributed by atoms with Crippen LogP contribution in [-0.2, 0) is 13.5 Å². The van der Waals surface area contributed by atoms with Gasteiger partial charge >= 0.3 is 0 Å². The van der Waals surface area contributed by atoms with Crippen LogP contribution in [0.2, 0.25) is 0 Å². The molecule has 4 N–H and O–H groups in total. The molecule has 0 bridgehead atoms. The minimum absolute atomic E-state index is 0.0106. The average molecular weight is 471 g/mol. The summed E-state index contributed by atoms with van der Waals surface area (Å²) in [5.41, 5.74) is 9.87. The molecule has 2 aromatic carbocycles. The van der Waals surface area contributed by atoms with Gasteiger partial charge in [0.05, 0.1) is 18.4 Å². The van der Waals surface area contributed by atoms with E-state index in [4.69, 9.17) is 10.5 Å². The summed E-state index contributed by atoms with van der Waals surface area (Å²) < 4.78 is 7.78. The lowest BCUT2D eigenvalue weighted by atomic mass is 10.1. The number of aryl methyl sites for hydroxylation is 1. The van der Waals surface area contributed by atoms with E-state index in [0.717, 1.165) is 41.9 Å². The van der Waals surface area contributed by atoms with Crippen LogP contribution >= 0.6 is 0 Å². The number of aromatic nitrogens is 3. The highest BCUT2D eigenvalue weighted by Crippen LogP contribution is 2.30. The molecule has 0 aliphatic carbocycles. The first-order chi connectivity index (χ1) is 17.1. The second-order valence-electron chi connectivity index (χ2n) is 8.27. The highest BCUT2D eigenvalue weighted by atomic mass is 16.5. The van der Waals surface area contributed by atoms with Crippen molar-refractivity contribution in [2.45, 2.75) is 12.5 Å². The second kappa shape index (κ2) is 11.8. The number of hydrogen-bond donors (Lipinski definition) is 3. The molecular formula is C27H30N6O2. The number of nitrogens with zero attached hydrogens (tertiary/aromatic N) is 3. The van der Waals surface area contributed by atoms with Crippen molar-refractivity contribution in [3.8, 4) is 17.0 Å². The van der Waals surface area contributed by atoms with Gasteiger partial charge < -0.3 is 21.1 Å². The van der Waals surface area contributed by atoms with E-state index >= 15 is 0 Å². The summed E-state index contributed by atoms with van der Waals surface area (Å²) in [6.07, 6.45) is 6.46. The molecule has 2 aromatic heterocycles. The molecule has 1 unspecified atom stereocenters. The van der Waals surface area contributed by atoms with E-state index in [-0.39, 0.29) is 6.10 Å². The van der Waals surface area contributed by atoms with Crippen molar-refractivity contribution < 1.29 is 9.53 Å². The molecule has 5 rings (SSSR count). The van der Waals surface area contributed by atoms with Gasteiger partial charge in [-0.25, -0.2) is 4.98 Å². The van der Waals surface area contributed by atoms with Crippen molar-refractivity contribution in [1.29, 1.82) is 0 Å². The number of hydrogen-bond acceptors (Lipinski definition) is 6. The van der Waals surface area contributed by atoms with E-state index in [1.54, 1.807) is 16.8 Å². The predicted octanol–water partition coefficient (Wildman–Crippen LogP) is 3.27. The summed E-state index contributed by atoms with van der Waals surface area (Å²) in [5, 5.41) is 11.0. The lowest BCUT2D eigenvalue weighted by Crippen LogP contribution is -2.40. The van der Waals surface area contributed by atoms with Crippen molar-refractivity contribution in [3.05, 3.63) is 96.4 Å². The number of benzene rings is 2. The Morgan fingerprint density at radius 3 is 2.46 bits per heavy atom. The Morgan fingerprint density at radius 2 is 1.83 bits per heavy atom. The van der Waals surface area contributed by atoms with E-state index in [0.29, 0.717) is 18.0 Å². The van der Waals surface area contributed by atoms with Crippen molar-refractivity contribution in [3.63, 3.8) is 0 Å². The van der Waals surface area contributed by atoms with Crippen LogP contribution in [0.1, 0.15) is 15.9 Å². The number of fused-ring (bicyclic) bond motifs is 1. The third-order valence-corrected chi connectivity index (χ3v) is 5.56. The molecule has 1 aliphatic heterocycles. The monoisotopic (exact) mass is 470 g/mol. The Labute approximate surface area is 205 Å². The smallest absolute Gasteiger partial charge is 0.248 e. The Morgan fingerprint density at radius 1 is 1.11 bits per heavy atom. The number of anilines is 1. The van der Waals surface area contributed by atoms with Gasteiger partial charge in [-0.2, -0.15) is 5.10 Å². The highest BCUT2D eigenvalue weighted by molar-refractivity contribution is 5.92. The van der Waals surface area contributed by atoms with E-state index in [1.807, 2.05) is 80.2 Å². The van der Waals surface area contributed by atoms with Gasteiger partial charge in [0.15, 0.2) is 0 Å². The molecule has 0 spiro atoms. The van der Waals surface area contributed by atoms with E-state index in [1.165, 1.54) is 0 Å². The first-order valence-corrected chi connectivity index (χ1v) is 11.6. The van der Waals surface area contributed by atoms with Crippen LogP contribution in [0, 0.1) is 0 Å². The van der Waals surface area contributed by atoms with Crippen molar-refractivity contribution in [2.24, 2.45) is 12.8 Å². The van der Waals surface area contributed by atoms with Crippen LogP contribution in [0.15, 0.2) is 85.3 Å². The second-order valence-corrected chi connectivity index (χ2v) is 8.27. The van der Waals surface area contributed by atoms with Crippen LogP contribution in [0.25, 0.3) is 11.1 Å². The standard InChI is InChI=1S/C21H24N6O2.C6H6/c1-27-13-17(10-26-27)16-8-19-21(25-9-16)29-18(12-24-19)11-23-7-6-14-2-4-15(5-3-14)20(22)28;1-2-4-6-5-3-1/h2-5,8-10,13,18,23-24H,6-7,11-12H2,1H3,(H2,22,28);1-6H. The molecule has 35 heavy (non-hydrogen) atoms. The molecular weight excluding hydrogens is 440 g/mol. The Balaban J connectivity index is 0.000000421. The Bertz CT molecular complexity index is 1200. The molecule has 180 valence electrons. The number of rotatable bonds is 7. The van der Waals surface area contributed by atoms with Gasteiger partial charge in [0.25, 0.3) is 0 Å². The molecule has 1 amide bonds. The number of pyridine rings is 1. The maximum absolute atomic E-state index is 11.1. The molecule has 8 nitrogen and oxygen atoms in total. The highest BCUT2D eigenvalue weighted by Gasteiger charge is 2.20. The molecule has 0 saturated carbocycles. The number of nitrogens with one attached hydrogen (secondary N) is 2. The zero-order chi connectivity index (χ0) is 24.5. The minimum atomic E-state index is -0.405. The first kappa shape index (κ1) is 24.0. The zero-order valence-corrected chi connectivity index (χ0v) is 19.7. The fourth-order valence-corrected chi connectivity index (χ4v) is 3.65. The summed E-state index contributed by atoms with van der Waals surface area (Å²) in [6, 6.07) is 21.4. The Hall–Kier alpha value is -4.17. The lowest BCUT2D eigenvalue weighted by Gasteiger charge is -2.27. The number of primary amides is 1. The van der Waals surface area contributed by atoms with E-state index < -0.39 is 5.91 Å². The number of ether oxygens (including phenoxy) is 1. The summed E-state index contributed by atoms with van der Waals surface area (Å²) in [7, 11) is 1.89. The molecule has 1 aliphatic rings. The third kappa shape index (κ3) is 6.91. The quantitative estimate of drug-likeness (QED) is 0.358. The number of nitrogens with two attached hydrogens (primary N) is 1. The van der Waals surface area contributed by atoms with Gasteiger partial charge in [0.2, 0.25) is 11.8 Å². The van der Waals surface area contributed by atoms with Crippen LogP contribution in [0.5, 0.6) is 5.88 Å². The van der Waals surface area contributed by atoms with E-state index in [2.05, 4.69) is 20.7 Å². The largest absolute Gasteiger partial charge is 0.470 e. The van der Waals surface area contributed by atoms with Gasteiger partial charge in [-0.05, 0) is 36.7 Å². The van der Waals surface area contributed by atoms with Crippen molar-refractivity contribution >= 4 is 11.6 Å². The number of carbonyl (C=O) groups excluding carboxylic acids is 1. The van der Waals surface area contributed by atoms with Gasteiger partial charge in [0.1, 0.15) is 6.10 Å². The topological polar surface area (TPSA) is 107 Å². The van der Waals surface area contributed by atoms with Crippen molar-refractivity contribution in [1.82, 2.24) is 20.1 Å². The normalized spacial score (nSPS) is 14.0. The summed E-state index contributed by atoms with van der Waals surface area (Å²) in [5.74, 6) is 0.218. The SMILES string of the molecule is Cn1cc(-c2cnc3c(c2)NCC(CNCCc2ccc(C(N)=O)cc2)O3)cn1.c1ccccc1. The minimum Gasteiger partial charge on any atom is -0.470 e. The fraction of sp³-hybridized carbons (Fsp3) is 0.222. The number of carbonyl (C=O) groups is 1. The third-order valence-electron chi connectivity index (χ3n) is 5.56. The average Bonchev–Trinajstić information content (AvgIpc) is 3.34. The van der Waals surface area contributed by atoms with Crippen LogP contribution in [0.4, 0.5) is 5.69 Å². The molecule has 0 radical (unpaired) electrons. The first-order valence-electron chi connectivity index (χ1n) is 11.6. The lowest BCUT2D eigenvalue weighted by molar-refractivity contribution is 0.100. The van der Waals surface area contributed by atoms with Crippen molar-refractivity contribution in [2.75, 3.05) is 25.0 Å². The zero-order valence-electron chi connectivity index (χ0n) is 19.7. The summed E-state index contributed by atoms with van der Waals surface area (Å²) in [6.45, 7) is 2.25. The predicted molar refractivity (Wildman–Crippen MR) is 137 cm³/mol. The van der Waals surface area contributed by atoms with Gasteiger partial charge in [-0.3, -0.25) is 9.48 Å². The van der Waals surface area contributed by atoms with Crippen LogP contribution < -0.4 is 21.1 Å². The fourth-order valence-electron chi connectivity index (χ4n) is 3.65. The summed E-state index contributed by atoms with van der Waals surface area (Å²) in [4.78, 5) is 15.6. The molecule has 8 heteroatoms. The molecule has 4 aromatic rings. The van der Waals surface area contributed by atoms with Gasteiger partial charge in [0, 0.05) is 42.7 Å². The molecule has 0 fully saturated rings. The Kier molecular flexibility index (Phi) is 8.08. The summed E-state index contributed by atoms with van der Waals surface area (Å²) >= 11 is 0. The molecule has 1 atom stereocenters. The maximum atomic E-state index is 11.1. The molecule has 0 saturated heterocycles. The number of amides is 1. The maximum Gasteiger partial charge on any atom is 0.248 e. The van der Waals surface area contributed by atoms with Crippen LogP contribution in [0.3, 0.4) is 0 Å². The van der Waals surface area contributed by atoms with Crippen LogP contribution in [-0.4, -0.2) is 46.4 Å². The molecule has 3 heterocycles. The van der Waals surface area contributed by atoms with E-state index in [9.17, 15) is 4.79 Å². The van der Waals surface area contributed by atoms with Gasteiger partial charge in [-0.15, -0.1) is 0 Å².